The van der Waals surface area contributed by atoms with Crippen LogP contribution < -0.4 is 14.8 Å². The molecule has 2 heterocycles. The van der Waals surface area contributed by atoms with Crippen LogP contribution in [0.1, 0.15) is 12.0 Å². The second kappa shape index (κ2) is 7.44. The molecule has 0 aromatic heterocycles. The van der Waals surface area contributed by atoms with Crippen LogP contribution in [0.5, 0.6) is 11.5 Å². The number of fused-ring (bicyclic) bond motifs is 2. The summed E-state index contributed by atoms with van der Waals surface area (Å²) in [6, 6.07) is 13.9. The van der Waals surface area contributed by atoms with Gasteiger partial charge in [0.15, 0.2) is 5.54 Å². The van der Waals surface area contributed by atoms with E-state index in [1.807, 2.05) is 18.2 Å². The number of nitrogens with one attached hydrogen (secondary N) is 1. The highest BCUT2D eigenvalue weighted by molar-refractivity contribution is 9.10. The summed E-state index contributed by atoms with van der Waals surface area (Å²) in [5, 5.41) is 13.1. The van der Waals surface area contributed by atoms with Crippen molar-refractivity contribution in [2.24, 2.45) is 0 Å². The molecular weight excluding hydrogens is 428 g/mol. The monoisotopic (exact) mass is 446 g/mol. The molecular formula is C20H19BrN2O5. The van der Waals surface area contributed by atoms with Crippen LogP contribution in [-0.2, 0) is 10.3 Å². The molecule has 0 aliphatic carbocycles. The van der Waals surface area contributed by atoms with Crippen LogP contribution in [0.25, 0.3) is 0 Å². The Morgan fingerprint density at radius 3 is 2.89 bits per heavy atom. The van der Waals surface area contributed by atoms with E-state index in [-0.39, 0.29) is 19.1 Å². The SMILES string of the molecule is O=C1N[C@]2(CCOc3ccccc32)C(=O)N1C[C@@H](O)COc1cccc(Br)c1. The van der Waals surface area contributed by atoms with Crippen molar-refractivity contribution in [1.29, 1.82) is 0 Å². The average molecular weight is 447 g/mol. The van der Waals surface area contributed by atoms with E-state index in [1.165, 1.54) is 0 Å². The van der Waals surface area contributed by atoms with Crippen LogP contribution in [0.3, 0.4) is 0 Å². The van der Waals surface area contributed by atoms with Crippen molar-refractivity contribution in [3.05, 3.63) is 58.6 Å². The lowest BCUT2D eigenvalue weighted by Crippen LogP contribution is -2.48. The van der Waals surface area contributed by atoms with Gasteiger partial charge in [-0.1, -0.05) is 40.2 Å². The number of aliphatic hydroxyl groups is 1. The van der Waals surface area contributed by atoms with E-state index in [9.17, 15) is 14.7 Å². The fraction of sp³-hybridized carbons (Fsp3) is 0.300. The maximum Gasteiger partial charge on any atom is 0.325 e. The molecule has 2 N–H and O–H groups in total. The van der Waals surface area contributed by atoms with E-state index in [1.54, 1.807) is 30.3 Å². The smallest absolute Gasteiger partial charge is 0.325 e. The Kier molecular flexibility index (Phi) is 4.99. The molecule has 0 radical (unpaired) electrons. The molecule has 28 heavy (non-hydrogen) atoms. The van der Waals surface area contributed by atoms with Gasteiger partial charge < -0.3 is 19.9 Å². The minimum Gasteiger partial charge on any atom is -0.493 e. The lowest BCUT2D eigenvalue weighted by molar-refractivity contribution is -0.133. The largest absolute Gasteiger partial charge is 0.493 e. The van der Waals surface area contributed by atoms with E-state index in [0.29, 0.717) is 30.1 Å². The first-order valence-corrected chi connectivity index (χ1v) is 9.72. The van der Waals surface area contributed by atoms with Crippen molar-refractivity contribution in [1.82, 2.24) is 10.2 Å². The predicted molar refractivity (Wildman–Crippen MR) is 104 cm³/mol. The first-order chi connectivity index (χ1) is 13.5. The molecule has 8 heteroatoms. The number of hydrogen-bond donors (Lipinski definition) is 2. The number of benzene rings is 2. The summed E-state index contributed by atoms with van der Waals surface area (Å²) in [7, 11) is 0. The van der Waals surface area contributed by atoms with Crippen LogP contribution in [-0.4, -0.2) is 47.8 Å². The summed E-state index contributed by atoms with van der Waals surface area (Å²) in [5.74, 6) is 0.790. The molecule has 7 nitrogen and oxygen atoms in total. The van der Waals surface area contributed by atoms with Crippen LogP contribution in [0.15, 0.2) is 53.0 Å². The number of ether oxygens (including phenoxy) is 2. The normalized spacial score (nSPS) is 21.9. The molecule has 2 atom stereocenters. The molecule has 2 aliphatic rings. The number of urea groups is 1. The molecule has 0 unspecified atom stereocenters. The van der Waals surface area contributed by atoms with Gasteiger partial charge in [0.1, 0.15) is 24.2 Å². The highest BCUT2D eigenvalue weighted by atomic mass is 79.9. The van der Waals surface area contributed by atoms with Crippen molar-refractivity contribution in [3.63, 3.8) is 0 Å². The summed E-state index contributed by atoms with van der Waals surface area (Å²) in [6.45, 7) is 0.134. The van der Waals surface area contributed by atoms with Gasteiger partial charge in [0.25, 0.3) is 5.91 Å². The second-order valence-electron chi connectivity index (χ2n) is 6.77. The lowest BCUT2D eigenvalue weighted by Gasteiger charge is -2.33. The topological polar surface area (TPSA) is 88.1 Å². The Hall–Kier alpha value is -2.58. The van der Waals surface area contributed by atoms with Crippen molar-refractivity contribution >= 4 is 27.9 Å². The lowest BCUT2D eigenvalue weighted by atomic mass is 9.84. The highest BCUT2D eigenvalue weighted by Crippen LogP contribution is 2.40. The van der Waals surface area contributed by atoms with E-state index < -0.39 is 17.7 Å². The Morgan fingerprint density at radius 2 is 2.07 bits per heavy atom. The van der Waals surface area contributed by atoms with Crippen molar-refractivity contribution in [3.8, 4) is 11.5 Å². The summed E-state index contributed by atoms with van der Waals surface area (Å²) < 4.78 is 12.0. The molecule has 1 spiro atoms. The van der Waals surface area contributed by atoms with Crippen molar-refractivity contribution < 1.29 is 24.2 Å². The fourth-order valence-corrected chi connectivity index (χ4v) is 3.93. The molecule has 0 saturated carbocycles. The maximum atomic E-state index is 13.1. The zero-order valence-corrected chi connectivity index (χ0v) is 16.5. The van der Waals surface area contributed by atoms with E-state index in [2.05, 4.69) is 21.2 Å². The van der Waals surface area contributed by atoms with Crippen molar-refractivity contribution in [2.75, 3.05) is 19.8 Å². The summed E-state index contributed by atoms with van der Waals surface area (Å²) in [4.78, 5) is 26.7. The number of rotatable bonds is 5. The van der Waals surface area contributed by atoms with Gasteiger partial charge in [-0.2, -0.15) is 0 Å². The maximum absolute atomic E-state index is 13.1. The first kappa shape index (κ1) is 18.8. The molecule has 146 valence electrons. The number of aliphatic hydroxyl groups excluding tert-OH is 1. The van der Waals surface area contributed by atoms with E-state index in [0.717, 1.165) is 9.37 Å². The summed E-state index contributed by atoms with van der Waals surface area (Å²) in [5.41, 5.74) is -0.501. The third-order valence-corrected chi connectivity index (χ3v) is 5.38. The number of hydrogen-bond acceptors (Lipinski definition) is 5. The third kappa shape index (κ3) is 3.33. The van der Waals surface area contributed by atoms with E-state index >= 15 is 0 Å². The molecule has 2 aromatic carbocycles. The summed E-state index contributed by atoms with van der Waals surface area (Å²) >= 11 is 3.35. The quantitative estimate of drug-likeness (QED) is 0.688. The first-order valence-electron chi connectivity index (χ1n) is 8.92. The van der Waals surface area contributed by atoms with Gasteiger partial charge in [-0.25, -0.2) is 4.79 Å². The molecule has 2 aromatic rings. The number of β-amino-alcohol motifs (C(OH)–C–C–N with tert-alkyl or cyclic N) is 1. The third-order valence-electron chi connectivity index (χ3n) is 4.89. The highest BCUT2D eigenvalue weighted by Gasteiger charge is 2.55. The molecule has 1 saturated heterocycles. The van der Waals surface area contributed by atoms with Crippen LogP contribution in [0.2, 0.25) is 0 Å². The fourth-order valence-electron chi connectivity index (χ4n) is 3.55. The van der Waals surface area contributed by atoms with Crippen LogP contribution >= 0.6 is 15.9 Å². The zero-order chi connectivity index (χ0) is 19.7. The molecule has 2 aliphatic heterocycles. The van der Waals surface area contributed by atoms with Gasteiger partial charge in [0.05, 0.1) is 13.2 Å². The van der Waals surface area contributed by atoms with Crippen LogP contribution in [0.4, 0.5) is 4.79 Å². The Bertz CT molecular complexity index is 921. The number of halogens is 1. The predicted octanol–water partition coefficient (Wildman–Crippen LogP) is 2.42. The van der Waals surface area contributed by atoms with Crippen LogP contribution in [0, 0.1) is 0 Å². The minimum absolute atomic E-state index is 0.0415. The summed E-state index contributed by atoms with van der Waals surface area (Å²) in [6.07, 6.45) is -0.672. The molecule has 1 fully saturated rings. The molecule has 3 amide bonds. The number of imide groups is 1. The number of para-hydroxylation sites is 1. The number of amides is 3. The van der Waals surface area contributed by atoms with Gasteiger partial charge in [-0.3, -0.25) is 9.69 Å². The second-order valence-corrected chi connectivity index (χ2v) is 7.68. The van der Waals surface area contributed by atoms with E-state index in [4.69, 9.17) is 9.47 Å². The Balaban J connectivity index is 1.46. The van der Waals surface area contributed by atoms with Gasteiger partial charge in [-0.05, 0) is 24.3 Å². The minimum atomic E-state index is -1.14. The van der Waals surface area contributed by atoms with Gasteiger partial charge >= 0.3 is 6.03 Å². The number of carbonyl (C=O) groups is 2. The van der Waals surface area contributed by atoms with Gasteiger partial charge in [-0.15, -0.1) is 0 Å². The Labute approximate surface area is 170 Å². The van der Waals surface area contributed by atoms with Gasteiger partial charge in [0.2, 0.25) is 0 Å². The standard InChI is InChI=1S/C20H19BrN2O5/c21-13-4-3-5-15(10-13)28-12-14(24)11-23-18(25)20(22-19(23)26)8-9-27-17-7-2-1-6-16(17)20/h1-7,10,14,24H,8-9,11-12H2,(H,22,26)/t14-,20+/m1/s1. The number of nitrogens with zero attached hydrogens (tertiary/aromatic N) is 1. The van der Waals surface area contributed by atoms with Gasteiger partial charge in [0, 0.05) is 16.5 Å². The average Bonchev–Trinajstić information content (AvgIpc) is 2.92. The van der Waals surface area contributed by atoms with Crippen molar-refractivity contribution in [2.45, 2.75) is 18.1 Å². The molecule has 0 bridgehead atoms. The molecule has 4 rings (SSSR count). The zero-order valence-electron chi connectivity index (χ0n) is 14.9. The number of carbonyl (C=O) groups excluding carboxylic acids is 2. The Morgan fingerprint density at radius 1 is 1.25 bits per heavy atom.